The maximum Gasteiger partial charge on any atom is 0.141 e. The quantitative estimate of drug-likeness (QED) is 0.473. The van der Waals surface area contributed by atoms with E-state index in [1.165, 1.54) is 0 Å². The van der Waals surface area contributed by atoms with Crippen LogP contribution in [0.5, 0.6) is 5.75 Å². The van der Waals surface area contributed by atoms with Crippen LogP contribution in [0, 0.1) is 0 Å². The van der Waals surface area contributed by atoms with E-state index in [1.807, 2.05) is 36.5 Å². The molecule has 0 bridgehead atoms. The van der Waals surface area contributed by atoms with Crippen molar-refractivity contribution < 1.29 is 5.11 Å². The first-order valence-electron chi connectivity index (χ1n) is 7.88. The smallest absolute Gasteiger partial charge is 0.141 e. The lowest BCUT2D eigenvalue weighted by molar-refractivity contribution is 0.475. The number of nitrogens with zero attached hydrogens (tertiary/aromatic N) is 2. The third-order valence-electron chi connectivity index (χ3n) is 4.59. The van der Waals surface area contributed by atoms with Gasteiger partial charge >= 0.3 is 0 Å². The highest BCUT2D eigenvalue weighted by Crippen LogP contribution is 2.43. The van der Waals surface area contributed by atoms with E-state index in [2.05, 4.69) is 20.3 Å². The lowest BCUT2D eigenvalue weighted by Crippen LogP contribution is -2.11. The summed E-state index contributed by atoms with van der Waals surface area (Å²) >= 11 is 6.43. The van der Waals surface area contributed by atoms with Gasteiger partial charge in [0.2, 0.25) is 0 Å². The number of aromatic nitrogens is 3. The zero-order valence-corrected chi connectivity index (χ0v) is 13.7. The van der Waals surface area contributed by atoms with Gasteiger partial charge in [0, 0.05) is 28.0 Å². The number of aromatic amines is 1. The molecule has 1 aliphatic rings. The van der Waals surface area contributed by atoms with Gasteiger partial charge in [0.1, 0.15) is 17.7 Å². The van der Waals surface area contributed by atoms with Gasteiger partial charge in [-0.05, 0) is 23.8 Å². The van der Waals surface area contributed by atoms with Crippen LogP contribution in [0.25, 0.3) is 22.3 Å². The van der Waals surface area contributed by atoms with Crippen LogP contribution in [0.1, 0.15) is 17.2 Å². The zero-order chi connectivity index (χ0) is 17.0. The van der Waals surface area contributed by atoms with Crippen LogP contribution >= 0.6 is 11.6 Å². The van der Waals surface area contributed by atoms with Crippen molar-refractivity contribution in [3.63, 3.8) is 0 Å². The Morgan fingerprint density at radius 3 is 2.80 bits per heavy atom. The number of fused-ring (bicyclic) bond motifs is 2. The molecule has 5 rings (SSSR count). The Balaban J connectivity index is 1.85. The van der Waals surface area contributed by atoms with Crippen LogP contribution in [-0.4, -0.2) is 20.1 Å². The van der Waals surface area contributed by atoms with Crippen LogP contribution in [0.3, 0.4) is 0 Å². The highest BCUT2D eigenvalue weighted by atomic mass is 35.5. The summed E-state index contributed by atoms with van der Waals surface area (Å²) in [7, 11) is 0. The molecular formula is C19H13ClN4O. The fourth-order valence-corrected chi connectivity index (χ4v) is 3.75. The van der Waals surface area contributed by atoms with Gasteiger partial charge in [-0.25, -0.2) is 9.97 Å². The SMILES string of the molecule is Oc1ccc(C2Nc3ccccc3-c3ncnc4[nH]cc2c34)c(Cl)c1. The molecule has 0 amide bonds. The standard InChI is InChI=1S/C19H13ClN4O/c20-14-7-10(25)5-6-11(14)17-13-8-21-19-16(13)18(22-9-23-19)12-3-1-2-4-15(12)24-17/h1-9,17,24-25H,(H,21,22,23). The summed E-state index contributed by atoms with van der Waals surface area (Å²) in [5.41, 5.74) is 5.59. The Morgan fingerprint density at radius 2 is 1.92 bits per heavy atom. The molecule has 2 aromatic carbocycles. The molecule has 25 heavy (non-hydrogen) atoms. The lowest BCUT2D eigenvalue weighted by atomic mass is 9.98. The van der Waals surface area contributed by atoms with Crippen molar-refractivity contribution in [2.75, 3.05) is 5.32 Å². The Morgan fingerprint density at radius 1 is 1.04 bits per heavy atom. The number of benzene rings is 2. The number of para-hydroxylation sites is 1. The average Bonchev–Trinajstić information content (AvgIpc) is 2.98. The number of phenols is 1. The van der Waals surface area contributed by atoms with Crippen LogP contribution in [0.2, 0.25) is 5.02 Å². The number of hydrogen-bond acceptors (Lipinski definition) is 4. The molecular weight excluding hydrogens is 336 g/mol. The molecule has 1 unspecified atom stereocenters. The highest BCUT2D eigenvalue weighted by Gasteiger charge is 2.27. The van der Waals surface area contributed by atoms with Gasteiger partial charge in [0.05, 0.1) is 17.1 Å². The number of aromatic hydroxyl groups is 1. The Bertz CT molecular complexity index is 1120. The zero-order valence-electron chi connectivity index (χ0n) is 13.0. The van der Waals surface area contributed by atoms with E-state index in [4.69, 9.17) is 11.6 Å². The summed E-state index contributed by atoms with van der Waals surface area (Å²) in [4.78, 5) is 12.1. The van der Waals surface area contributed by atoms with Gasteiger partial charge in [-0.3, -0.25) is 0 Å². The van der Waals surface area contributed by atoms with E-state index in [0.29, 0.717) is 5.02 Å². The Labute approximate surface area is 148 Å². The Hall–Kier alpha value is -3.05. The molecule has 6 heteroatoms. The minimum atomic E-state index is -0.185. The number of rotatable bonds is 1. The number of phenolic OH excluding ortho intramolecular Hbond substituents is 1. The summed E-state index contributed by atoms with van der Waals surface area (Å²) in [6.45, 7) is 0. The molecule has 1 atom stereocenters. The summed E-state index contributed by atoms with van der Waals surface area (Å²) in [6.07, 6.45) is 3.51. The van der Waals surface area contributed by atoms with Gasteiger partial charge in [-0.2, -0.15) is 0 Å². The summed E-state index contributed by atoms with van der Waals surface area (Å²) in [5.74, 6) is 0.144. The predicted octanol–water partition coefficient (Wildman–Crippen LogP) is 4.50. The molecule has 0 saturated heterocycles. The third-order valence-corrected chi connectivity index (χ3v) is 4.92. The maximum absolute atomic E-state index is 9.69. The van der Waals surface area contributed by atoms with Crippen molar-refractivity contribution in [1.82, 2.24) is 15.0 Å². The predicted molar refractivity (Wildman–Crippen MR) is 97.9 cm³/mol. The first-order chi connectivity index (χ1) is 12.2. The van der Waals surface area contributed by atoms with Crippen molar-refractivity contribution in [3.05, 3.63) is 71.1 Å². The number of anilines is 1. The molecule has 3 N–H and O–H groups in total. The van der Waals surface area contributed by atoms with Crippen molar-refractivity contribution in [2.45, 2.75) is 6.04 Å². The highest BCUT2D eigenvalue weighted by molar-refractivity contribution is 6.31. The monoisotopic (exact) mass is 348 g/mol. The summed E-state index contributed by atoms with van der Waals surface area (Å²) < 4.78 is 0. The second-order valence-corrected chi connectivity index (χ2v) is 6.43. The van der Waals surface area contributed by atoms with Gasteiger partial charge in [-0.1, -0.05) is 35.9 Å². The fraction of sp³-hybridized carbons (Fsp3) is 0.0526. The van der Waals surface area contributed by atoms with Gasteiger partial charge < -0.3 is 15.4 Å². The third kappa shape index (κ3) is 2.09. The molecule has 0 saturated carbocycles. The van der Waals surface area contributed by atoms with E-state index in [0.717, 1.165) is 39.1 Å². The number of H-pyrrole nitrogens is 1. The molecule has 3 heterocycles. The molecule has 0 fully saturated rings. The summed E-state index contributed by atoms with van der Waals surface area (Å²) in [6, 6.07) is 12.9. The molecule has 4 aromatic rings. The minimum absolute atomic E-state index is 0.144. The first kappa shape index (κ1) is 14.3. The first-order valence-corrected chi connectivity index (χ1v) is 8.26. The van der Waals surface area contributed by atoms with Gasteiger partial charge in [0.25, 0.3) is 0 Å². The van der Waals surface area contributed by atoms with Crippen LogP contribution < -0.4 is 5.32 Å². The molecule has 2 aromatic heterocycles. The van der Waals surface area contributed by atoms with Gasteiger partial charge in [0.15, 0.2) is 0 Å². The normalized spacial score (nSPS) is 15.5. The van der Waals surface area contributed by atoms with Crippen LogP contribution in [-0.2, 0) is 0 Å². The molecule has 122 valence electrons. The Kier molecular flexibility index (Phi) is 2.99. The summed E-state index contributed by atoms with van der Waals surface area (Å²) in [5, 5.41) is 14.7. The molecule has 0 radical (unpaired) electrons. The minimum Gasteiger partial charge on any atom is -0.508 e. The lowest BCUT2D eigenvalue weighted by Gasteiger charge is -2.20. The second kappa shape index (κ2) is 5.22. The van der Waals surface area contributed by atoms with Crippen molar-refractivity contribution in [1.29, 1.82) is 0 Å². The van der Waals surface area contributed by atoms with Crippen LogP contribution in [0.4, 0.5) is 5.69 Å². The van der Waals surface area contributed by atoms with Crippen molar-refractivity contribution in [2.24, 2.45) is 0 Å². The van der Waals surface area contributed by atoms with Crippen molar-refractivity contribution in [3.8, 4) is 17.0 Å². The topological polar surface area (TPSA) is 73.8 Å². The largest absolute Gasteiger partial charge is 0.508 e. The molecule has 1 aliphatic heterocycles. The van der Waals surface area contributed by atoms with E-state index >= 15 is 0 Å². The second-order valence-electron chi connectivity index (χ2n) is 6.02. The maximum atomic E-state index is 9.69. The van der Waals surface area contributed by atoms with E-state index in [9.17, 15) is 5.11 Å². The van der Waals surface area contributed by atoms with E-state index in [-0.39, 0.29) is 11.8 Å². The van der Waals surface area contributed by atoms with Gasteiger partial charge in [-0.15, -0.1) is 0 Å². The van der Waals surface area contributed by atoms with Crippen LogP contribution in [0.15, 0.2) is 55.0 Å². The molecule has 5 nitrogen and oxygen atoms in total. The van der Waals surface area contributed by atoms with Crippen molar-refractivity contribution >= 4 is 28.3 Å². The average molecular weight is 349 g/mol. The number of halogens is 1. The number of hydrogen-bond donors (Lipinski definition) is 3. The van der Waals surface area contributed by atoms with E-state index < -0.39 is 0 Å². The molecule has 0 aliphatic carbocycles. The number of nitrogens with one attached hydrogen (secondary N) is 2. The van der Waals surface area contributed by atoms with E-state index in [1.54, 1.807) is 18.5 Å². The molecule has 0 spiro atoms. The fourth-order valence-electron chi connectivity index (χ4n) is 3.46.